The van der Waals surface area contributed by atoms with Gasteiger partial charge in [0, 0.05) is 34.1 Å². The summed E-state index contributed by atoms with van der Waals surface area (Å²) < 4.78 is 11.3. The number of amides is 1. The number of benzene rings is 2. The number of nitriles is 1. The van der Waals surface area contributed by atoms with Gasteiger partial charge in [-0.05, 0) is 42.0 Å². The lowest BCUT2D eigenvalue weighted by molar-refractivity contribution is 0.0951. The summed E-state index contributed by atoms with van der Waals surface area (Å²) in [5.74, 6) is -0.203. The highest BCUT2D eigenvalue weighted by atomic mass is 32.2. The minimum Gasteiger partial charge on any atom is -0.348 e. The number of carbonyl (C=O) groups excluding carboxylic acids is 1. The number of carbonyl (C=O) groups is 1. The number of hydrogen-bond acceptors (Lipinski definition) is 3. The molecule has 21 heavy (non-hydrogen) atoms. The first-order valence-electron chi connectivity index (χ1n) is 6.31. The van der Waals surface area contributed by atoms with Crippen LogP contribution in [-0.2, 0) is 17.3 Å². The Bertz CT molecular complexity index is 718. The largest absolute Gasteiger partial charge is 0.348 e. The zero-order chi connectivity index (χ0) is 15.2. The Morgan fingerprint density at radius 3 is 2.57 bits per heavy atom. The van der Waals surface area contributed by atoms with Crippen molar-refractivity contribution in [3.8, 4) is 6.07 Å². The van der Waals surface area contributed by atoms with Crippen molar-refractivity contribution in [2.24, 2.45) is 0 Å². The summed E-state index contributed by atoms with van der Waals surface area (Å²) in [6, 6.07) is 15.8. The van der Waals surface area contributed by atoms with Gasteiger partial charge in [-0.2, -0.15) is 5.26 Å². The SMILES string of the molecule is CS(=O)c1ccc(C(=O)NCc2cccc(C#N)c2)cc1. The Balaban J connectivity index is 2.01. The fraction of sp³-hybridized carbons (Fsp3) is 0.125. The van der Waals surface area contributed by atoms with Crippen LogP contribution in [0, 0.1) is 11.3 Å². The molecule has 1 unspecified atom stereocenters. The van der Waals surface area contributed by atoms with Crippen molar-refractivity contribution in [1.29, 1.82) is 5.26 Å². The second kappa shape index (κ2) is 6.82. The van der Waals surface area contributed by atoms with Crippen LogP contribution in [0.2, 0.25) is 0 Å². The number of nitrogens with zero attached hydrogens (tertiary/aromatic N) is 1. The summed E-state index contributed by atoms with van der Waals surface area (Å²) in [5.41, 5.74) is 1.95. The van der Waals surface area contributed by atoms with Crippen molar-refractivity contribution >= 4 is 16.7 Å². The third-order valence-corrected chi connectivity index (χ3v) is 3.89. The summed E-state index contributed by atoms with van der Waals surface area (Å²) >= 11 is 0. The molecule has 0 saturated heterocycles. The summed E-state index contributed by atoms with van der Waals surface area (Å²) in [7, 11) is -1.05. The van der Waals surface area contributed by atoms with E-state index in [1.54, 1.807) is 48.7 Å². The van der Waals surface area contributed by atoms with E-state index in [4.69, 9.17) is 5.26 Å². The van der Waals surface area contributed by atoms with E-state index in [0.717, 1.165) is 5.56 Å². The zero-order valence-corrected chi connectivity index (χ0v) is 12.3. The molecule has 0 aliphatic carbocycles. The lowest BCUT2D eigenvalue weighted by atomic mass is 10.1. The molecule has 0 aromatic heterocycles. The predicted octanol–water partition coefficient (Wildman–Crippen LogP) is 2.23. The molecule has 0 heterocycles. The molecule has 4 nitrogen and oxygen atoms in total. The highest BCUT2D eigenvalue weighted by Gasteiger charge is 2.06. The van der Waals surface area contributed by atoms with Gasteiger partial charge in [-0.3, -0.25) is 9.00 Å². The molecule has 5 heteroatoms. The number of rotatable bonds is 4. The molecule has 0 saturated carbocycles. The first-order valence-corrected chi connectivity index (χ1v) is 7.86. The molecule has 1 atom stereocenters. The lowest BCUT2D eigenvalue weighted by Crippen LogP contribution is -2.22. The Hall–Kier alpha value is -2.45. The maximum atomic E-state index is 12.0. The van der Waals surface area contributed by atoms with E-state index in [0.29, 0.717) is 22.6 Å². The molecule has 1 N–H and O–H groups in total. The van der Waals surface area contributed by atoms with Crippen LogP contribution in [0.25, 0.3) is 0 Å². The highest BCUT2D eigenvalue weighted by Crippen LogP contribution is 2.08. The van der Waals surface area contributed by atoms with Gasteiger partial charge >= 0.3 is 0 Å². The van der Waals surface area contributed by atoms with Gasteiger partial charge in [0.1, 0.15) is 0 Å². The Morgan fingerprint density at radius 1 is 1.24 bits per heavy atom. The molecule has 0 spiro atoms. The Kier molecular flexibility index (Phi) is 4.85. The fourth-order valence-corrected chi connectivity index (χ4v) is 2.35. The average Bonchev–Trinajstić information content (AvgIpc) is 2.53. The maximum absolute atomic E-state index is 12.0. The third kappa shape index (κ3) is 4.01. The molecular weight excluding hydrogens is 284 g/mol. The van der Waals surface area contributed by atoms with E-state index in [2.05, 4.69) is 11.4 Å². The standard InChI is InChI=1S/C16H14N2O2S/c1-21(20)15-7-5-14(6-8-15)16(19)18-11-13-4-2-3-12(9-13)10-17/h2-9H,11H2,1H3,(H,18,19). The first-order chi connectivity index (χ1) is 10.1. The van der Waals surface area contributed by atoms with Crippen molar-refractivity contribution in [2.45, 2.75) is 11.4 Å². The van der Waals surface area contributed by atoms with Gasteiger partial charge in [-0.1, -0.05) is 12.1 Å². The van der Waals surface area contributed by atoms with Crippen LogP contribution in [0.5, 0.6) is 0 Å². The van der Waals surface area contributed by atoms with Crippen molar-refractivity contribution < 1.29 is 9.00 Å². The van der Waals surface area contributed by atoms with Crippen molar-refractivity contribution in [3.05, 3.63) is 65.2 Å². The zero-order valence-electron chi connectivity index (χ0n) is 11.5. The molecule has 0 fully saturated rings. The fourth-order valence-electron chi connectivity index (χ4n) is 1.83. The second-order valence-corrected chi connectivity index (χ2v) is 5.85. The van der Waals surface area contributed by atoms with E-state index in [9.17, 15) is 9.00 Å². The topological polar surface area (TPSA) is 70.0 Å². The third-order valence-electron chi connectivity index (χ3n) is 2.96. The normalized spacial score (nSPS) is 11.4. The number of nitrogens with one attached hydrogen (secondary N) is 1. The molecule has 2 rings (SSSR count). The summed E-state index contributed by atoms with van der Waals surface area (Å²) in [6.45, 7) is 0.357. The molecule has 1 amide bonds. The molecule has 2 aromatic carbocycles. The predicted molar refractivity (Wildman–Crippen MR) is 81.1 cm³/mol. The van der Waals surface area contributed by atoms with Crippen LogP contribution in [0.3, 0.4) is 0 Å². The van der Waals surface area contributed by atoms with E-state index in [-0.39, 0.29) is 5.91 Å². The van der Waals surface area contributed by atoms with Crippen LogP contribution in [-0.4, -0.2) is 16.4 Å². The van der Waals surface area contributed by atoms with Crippen LogP contribution in [0.1, 0.15) is 21.5 Å². The van der Waals surface area contributed by atoms with Gasteiger partial charge in [-0.15, -0.1) is 0 Å². The molecule has 0 aliphatic rings. The Morgan fingerprint density at radius 2 is 1.95 bits per heavy atom. The van der Waals surface area contributed by atoms with Gasteiger partial charge in [0.15, 0.2) is 0 Å². The van der Waals surface area contributed by atoms with Crippen LogP contribution < -0.4 is 5.32 Å². The molecule has 0 bridgehead atoms. The summed E-state index contributed by atoms with van der Waals surface area (Å²) in [5, 5.41) is 11.6. The molecule has 106 valence electrons. The van der Waals surface area contributed by atoms with Gasteiger partial charge < -0.3 is 5.32 Å². The molecule has 0 radical (unpaired) electrons. The molecule has 0 aliphatic heterocycles. The quantitative estimate of drug-likeness (QED) is 0.941. The highest BCUT2D eigenvalue weighted by molar-refractivity contribution is 7.84. The van der Waals surface area contributed by atoms with Crippen LogP contribution in [0.4, 0.5) is 0 Å². The van der Waals surface area contributed by atoms with E-state index in [1.165, 1.54) is 0 Å². The second-order valence-electron chi connectivity index (χ2n) is 4.47. The van der Waals surface area contributed by atoms with Crippen molar-refractivity contribution in [3.63, 3.8) is 0 Å². The summed E-state index contributed by atoms with van der Waals surface area (Å²) in [6.07, 6.45) is 1.59. The van der Waals surface area contributed by atoms with Crippen LogP contribution >= 0.6 is 0 Å². The van der Waals surface area contributed by atoms with Crippen molar-refractivity contribution in [1.82, 2.24) is 5.32 Å². The van der Waals surface area contributed by atoms with Gasteiger partial charge in [0.25, 0.3) is 5.91 Å². The lowest BCUT2D eigenvalue weighted by Gasteiger charge is -2.06. The average molecular weight is 298 g/mol. The monoisotopic (exact) mass is 298 g/mol. The minimum absolute atomic E-state index is 0.203. The van der Waals surface area contributed by atoms with Gasteiger partial charge in [0.2, 0.25) is 0 Å². The first kappa shape index (κ1) is 14.9. The van der Waals surface area contributed by atoms with Crippen LogP contribution in [0.15, 0.2) is 53.4 Å². The maximum Gasteiger partial charge on any atom is 0.251 e. The minimum atomic E-state index is -1.05. The van der Waals surface area contributed by atoms with Gasteiger partial charge in [0.05, 0.1) is 11.6 Å². The Labute approximate surface area is 125 Å². The summed E-state index contributed by atoms with van der Waals surface area (Å²) in [4.78, 5) is 12.7. The van der Waals surface area contributed by atoms with Crippen molar-refractivity contribution in [2.75, 3.05) is 6.26 Å². The van der Waals surface area contributed by atoms with E-state index < -0.39 is 10.8 Å². The van der Waals surface area contributed by atoms with E-state index >= 15 is 0 Å². The molecular formula is C16H14N2O2S. The molecule has 2 aromatic rings. The smallest absolute Gasteiger partial charge is 0.251 e. The number of hydrogen-bond donors (Lipinski definition) is 1. The van der Waals surface area contributed by atoms with E-state index in [1.807, 2.05) is 6.07 Å². The van der Waals surface area contributed by atoms with Gasteiger partial charge in [-0.25, -0.2) is 0 Å².